The first-order chi connectivity index (χ1) is 7.72. The molecule has 0 unspecified atom stereocenters. The molecule has 0 saturated carbocycles. The number of methoxy groups -OCH3 is 1. The number of diazo groups is 1. The zero-order chi connectivity index (χ0) is 14.7. The molecule has 0 atom stereocenters. The molecule has 1 aromatic heterocycles. The quantitative estimate of drug-likeness (QED) is 0.302. The predicted octanol–water partition coefficient (Wildman–Crippen LogP) is 5.40. The van der Waals surface area contributed by atoms with Gasteiger partial charge in [0.25, 0.3) is 0 Å². The summed E-state index contributed by atoms with van der Waals surface area (Å²) in [6.07, 6.45) is 0. The molecule has 104 valence electrons. The monoisotopic (exact) mass is 314 g/mol. The molecule has 0 radical (unpaired) electrons. The topological polar surface area (TPSA) is 54.5 Å². The van der Waals surface area contributed by atoms with E-state index < -0.39 is 13.8 Å². The van der Waals surface area contributed by atoms with Crippen molar-refractivity contribution in [1.29, 1.82) is 5.39 Å². The van der Waals surface area contributed by atoms with Gasteiger partial charge in [-0.25, -0.2) is 4.79 Å². The molecule has 0 bridgehead atoms. The van der Waals surface area contributed by atoms with Crippen LogP contribution in [0.15, 0.2) is 11.4 Å². The van der Waals surface area contributed by atoms with E-state index in [9.17, 15) is 30.0 Å². The molecule has 0 aliphatic rings. The van der Waals surface area contributed by atoms with Crippen LogP contribution in [0.25, 0.3) is 4.98 Å². The number of thiophene rings is 1. The Hall–Kier alpha value is -1.40. The average molecular weight is 314 g/mol. The van der Waals surface area contributed by atoms with Crippen LogP contribution in [0, 0.1) is 5.39 Å². The van der Waals surface area contributed by atoms with Crippen LogP contribution in [-0.4, -0.2) is 13.1 Å². The zero-order valence-electron chi connectivity index (χ0n) is 8.49. The van der Waals surface area contributed by atoms with Gasteiger partial charge in [0.15, 0.2) is 4.98 Å². The Morgan fingerprint density at radius 3 is 2.06 bits per heavy atom. The van der Waals surface area contributed by atoms with E-state index in [4.69, 9.17) is 5.39 Å². The molecule has 1 heterocycles. The van der Waals surface area contributed by atoms with E-state index in [1.165, 1.54) is 24.5 Å². The first kappa shape index (κ1) is 16.6. The van der Waals surface area contributed by atoms with Crippen LogP contribution < -0.4 is 0 Å². The molecule has 0 fully saturated rings. The van der Waals surface area contributed by atoms with E-state index in [0.29, 0.717) is 10.6 Å². The van der Waals surface area contributed by atoms with Gasteiger partial charge in [0.05, 0.1) is 18.6 Å². The maximum atomic E-state index is 10.8. The number of carbonyl (C=O) groups excluding carboxylic acids is 1. The fraction of sp³-hybridized carbons (Fsp3) is 0.167. The summed E-state index contributed by atoms with van der Waals surface area (Å²) in [6.45, 7) is 0. The molecule has 4 nitrogen and oxygen atoms in total. The Kier molecular flexibility index (Phi) is 4.03. The molecule has 0 N–H and O–H groups in total. The van der Waals surface area contributed by atoms with Crippen LogP contribution in [-0.2, 0) is 4.74 Å². The van der Waals surface area contributed by atoms with E-state index in [1.807, 2.05) is 0 Å². The molecule has 0 spiro atoms. The first-order valence-corrected chi connectivity index (χ1v) is 6.72. The molecule has 0 amide bonds. The van der Waals surface area contributed by atoms with Gasteiger partial charge in [0.1, 0.15) is 4.88 Å². The SMILES string of the molecule is COC(=O)c1cc([N+]#N)cs1.F[P-](F)(F)(F)(F)F. The molecule has 1 aromatic rings. The summed E-state index contributed by atoms with van der Waals surface area (Å²) >= 11 is 1.18. The van der Waals surface area contributed by atoms with Crippen LogP contribution >= 0.6 is 19.1 Å². The normalized spacial score (nSPS) is 14.3. The van der Waals surface area contributed by atoms with Gasteiger partial charge in [0.2, 0.25) is 5.39 Å². The van der Waals surface area contributed by atoms with Gasteiger partial charge in [-0.3, -0.25) is 0 Å². The van der Waals surface area contributed by atoms with Crippen molar-refractivity contribution in [2.45, 2.75) is 0 Å². The molecule has 0 aromatic carbocycles. The fourth-order valence-electron chi connectivity index (χ4n) is 0.586. The second kappa shape index (κ2) is 4.37. The minimum absolute atomic E-state index is 0.371. The summed E-state index contributed by atoms with van der Waals surface area (Å²) in [4.78, 5) is 14.1. The number of halogens is 6. The number of ether oxygens (including phenoxy) is 1. The molecule has 12 heteroatoms. The number of nitrogens with zero attached hydrogens (tertiary/aromatic N) is 2. The molecule has 18 heavy (non-hydrogen) atoms. The van der Waals surface area contributed by atoms with Crippen LogP contribution in [0.1, 0.15) is 9.67 Å². The van der Waals surface area contributed by atoms with Crippen molar-refractivity contribution in [3.8, 4) is 0 Å². The number of hydrogen-bond acceptors (Lipinski definition) is 4. The molecule has 0 aliphatic heterocycles. The van der Waals surface area contributed by atoms with E-state index in [1.54, 1.807) is 5.38 Å². The van der Waals surface area contributed by atoms with Gasteiger partial charge in [-0.1, -0.05) is 0 Å². The fourth-order valence-corrected chi connectivity index (χ4v) is 1.32. The van der Waals surface area contributed by atoms with Crippen molar-refractivity contribution in [3.63, 3.8) is 0 Å². The van der Waals surface area contributed by atoms with E-state index in [2.05, 4.69) is 9.71 Å². The van der Waals surface area contributed by atoms with Crippen molar-refractivity contribution in [2.75, 3.05) is 7.11 Å². The van der Waals surface area contributed by atoms with Crippen molar-refractivity contribution < 1.29 is 34.7 Å². The molecule has 0 saturated heterocycles. The number of carbonyl (C=O) groups is 1. The summed E-state index contributed by atoms with van der Waals surface area (Å²) < 4.78 is 63.6. The Bertz CT molecular complexity index is 478. The van der Waals surface area contributed by atoms with Gasteiger partial charge in [-0.2, -0.15) is 0 Å². The predicted molar refractivity (Wildman–Crippen MR) is 54.0 cm³/mol. The Labute approximate surface area is 100 Å². The third-order valence-electron chi connectivity index (χ3n) is 1.09. The van der Waals surface area contributed by atoms with Crippen LogP contribution in [0.4, 0.5) is 30.9 Å². The molecular weight excluding hydrogens is 309 g/mol. The third-order valence-corrected chi connectivity index (χ3v) is 1.99. The van der Waals surface area contributed by atoms with Gasteiger partial charge >= 0.3 is 44.6 Å². The zero-order valence-corrected chi connectivity index (χ0v) is 10.2. The summed E-state index contributed by atoms with van der Waals surface area (Å²) in [5.74, 6) is -0.412. The van der Waals surface area contributed by atoms with Gasteiger partial charge < -0.3 is 4.74 Å². The maximum absolute atomic E-state index is 10.8. The average Bonchev–Trinajstić information content (AvgIpc) is 2.59. The van der Waals surface area contributed by atoms with Gasteiger partial charge in [-0.05, 0) is 0 Å². The van der Waals surface area contributed by atoms with E-state index in [-0.39, 0.29) is 0 Å². The van der Waals surface area contributed by atoms with Crippen molar-refractivity contribution >= 4 is 30.8 Å². The number of rotatable bonds is 1. The summed E-state index contributed by atoms with van der Waals surface area (Å²) in [5.41, 5.74) is 0.371. The van der Waals surface area contributed by atoms with E-state index >= 15 is 0 Å². The molecule has 1 rings (SSSR count). The second-order valence-corrected chi connectivity index (χ2v) is 5.55. The molecular formula is C6H5F6N2O2PS. The summed E-state index contributed by atoms with van der Waals surface area (Å²) in [5, 5.41) is 9.85. The van der Waals surface area contributed by atoms with E-state index in [0.717, 1.165) is 0 Å². The second-order valence-electron chi connectivity index (χ2n) is 2.72. The number of hydrogen-bond donors (Lipinski definition) is 0. The third kappa shape index (κ3) is 11.1. The van der Waals surface area contributed by atoms with Gasteiger partial charge in [-0.15, -0.1) is 11.3 Å². The van der Waals surface area contributed by atoms with Crippen molar-refractivity contribution in [1.82, 2.24) is 0 Å². The molecule has 0 aliphatic carbocycles. The summed E-state index contributed by atoms with van der Waals surface area (Å²) in [7, 11) is -9.35. The van der Waals surface area contributed by atoms with Crippen LogP contribution in [0.2, 0.25) is 0 Å². The van der Waals surface area contributed by atoms with Crippen LogP contribution in [0.5, 0.6) is 0 Å². The minimum atomic E-state index is -10.7. The van der Waals surface area contributed by atoms with Crippen molar-refractivity contribution in [2.24, 2.45) is 0 Å². The van der Waals surface area contributed by atoms with Gasteiger partial charge in [0, 0.05) is 0 Å². The number of esters is 1. The van der Waals surface area contributed by atoms with Crippen LogP contribution in [0.3, 0.4) is 0 Å². The Morgan fingerprint density at radius 2 is 1.78 bits per heavy atom. The standard InChI is InChI=1S/C6H5N2O2S.F6P/c1-10-6(9)5-2-4(8-7)3-11-5;1-7(2,3,4,5)6/h2-3H,1H3;/q+1;-1. The summed E-state index contributed by atoms with van der Waals surface area (Å²) in [6, 6.07) is 1.45. The van der Waals surface area contributed by atoms with Crippen molar-refractivity contribution in [3.05, 3.63) is 21.3 Å². The Morgan fingerprint density at radius 1 is 1.33 bits per heavy atom. The first-order valence-electron chi connectivity index (χ1n) is 3.81. The Balaban J connectivity index is 0.000000360.